The maximum absolute atomic E-state index is 8.79. The zero-order chi connectivity index (χ0) is 11.1. The Kier molecular flexibility index (Phi) is 5.71. The van der Waals surface area contributed by atoms with Gasteiger partial charge in [0.05, 0.1) is 12.1 Å². The van der Waals surface area contributed by atoms with E-state index in [0.29, 0.717) is 0 Å². The normalized spacial score (nSPS) is 28.3. The Labute approximate surface area is 94.1 Å². The van der Waals surface area contributed by atoms with Gasteiger partial charge in [-0.25, -0.2) is 0 Å². The minimum atomic E-state index is 0.0625. The molecule has 1 fully saturated rings. The van der Waals surface area contributed by atoms with Crippen LogP contribution in [0.1, 0.15) is 52.4 Å². The number of rotatable bonds is 5. The van der Waals surface area contributed by atoms with Crippen molar-refractivity contribution in [3.8, 4) is 6.07 Å². The molecule has 1 aliphatic carbocycles. The van der Waals surface area contributed by atoms with Crippen LogP contribution >= 0.6 is 0 Å². The van der Waals surface area contributed by atoms with E-state index in [-0.39, 0.29) is 6.04 Å². The predicted octanol–water partition coefficient (Wildman–Crippen LogP) is 3.09. The summed E-state index contributed by atoms with van der Waals surface area (Å²) < 4.78 is 0. The van der Waals surface area contributed by atoms with Crippen LogP contribution in [0.25, 0.3) is 0 Å². The first-order valence-corrected chi connectivity index (χ1v) is 6.39. The minimum Gasteiger partial charge on any atom is -0.302 e. The fourth-order valence-corrected chi connectivity index (χ4v) is 2.36. The summed E-state index contributed by atoms with van der Waals surface area (Å²) in [6, 6.07) is 2.35. The van der Waals surface area contributed by atoms with Crippen LogP contribution < -0.4 is 5.32 Å². The van der Waals surface area contributed by atoms with E-state index in [1.807, 2.05) is 0 Å². The van der Waals surface area contributed by atoms with Crippen LogP contribution in [-0.2, 0) is 0 Å². The summed E-state index contributed by atoms with van der Waals surface area (Å²) in [5, 5.41) is 12.1. The molecule has 15 heavy (non-hydrogen) atoms. The Bertz CT molecular complexity index is 199. The van der Waals surface area contributed by atoms with Gasteiger partial charge >= 0.3 is 0 Å². The lowest BCUT2D eigenvalue weighted by Crippen LogP contribution is -2.29. The van der Waals surface area contributed by atoms with Crippen molar-refractivity contribution in [3.05, 3.63) is 0 Å². The third-order valence-electron chi connectivity index (χ3n) is 3.64. The molecule has 0 bridgehead atoms. The number of nitrogens with zero attached hydrogens (tertiary/aromatic N) is 1. The summed E-state index contributed by atoms with van der Waals surface area (Å²) in [5.74, 6) is 1.85. The average molecular weight is 208 g/mol. The van der Waals surface area contributed by atoms with Gasteiger partial charge in [0, 0.05) is 0 Å². The van der Waals surface area contributed by atoms with Crippen molar-refractivity contribution in [1.29, 1.82) is 5.26 Å². The number of hydrogen-bond acceptors (Lipinski definition) is 2. The van der Waals surface area contributed by atoms with Gasteiger partial charge in [0.25, 0.3) is 0 Å². The largest absolute Gasteiger partial charge is 0.302 e. The smallest absolute Gasteiger partial charge is 0.0950 e. The van der Waals surface area contributed by atoms with Crippen molar-refractivity contribution >= 4 is 0 Å². The first kappa shape index (κ1) is 12.5. The van der Waals surface area contributed by atoms with Gasteiger partial charge in [-0.1, -0.05) is 39.5 Å². The van der Waals surface area contributed by atoms with Crippen LogP contribution in [0, 0.1) is 23.2 Å². The monoisotopic (exact) mass is 208 g/mol. The molecule has 1 saturated carbocycles. The molecule has 0 aromatic rings. The van der Waals surface area contributed by atoms with Crippen LogP contribution in [0.3, 0.4) is 0 Å². The fourth-order valence-electron chi connectivity index (χ4n) is 2.36. The molecule has 0 aromatic heterocycles. The molecule has 1 rings (SSSR count). The topological polar surface area (TPSA) is 35.8 Å². The van der Waals surface area contributed by atoms with Crippen molar-refractivity contribution in [1.82, 2.24) is 5.32 Å². The Morgan fingerprint density at radius 2 is 2.00 bits per heavy atom. The summed E-state index contributed by atoms with van der Waals surface area (Å²) in [5.41, 5.74) is 0. The molecular formula is C13H24N2. The van der Waals surface area contributed by atoms with E-state index in [9.17, 15) is 0 Å². The van der Waals surface area contributed by atoms with Gasteiger partial charge in [-0.15, -0.1) is 0 Å². The van der Waals surface area contributed by atoms with E-state index in [1.165, 1.54) is 32.1 Å². The highest BCUT2D eigenvalue weighted by Gasteiger charge is 2.17. The van der Waals surface area contributed by atoms with Crippen molar-refractivity contribution < 1.29 is 0 Å². The Morgan fingerprint density at radius 1 is 1.33 bits per heavy atom. The molecule has 2 nitrogen and oxygen atoms in total. The Hall–Kier alpha value is -0.550. The van der Waals surface area contributed by atoms with E-state index >= 15 is 0 Å². The summed E-state index contributed by atoms with van der Waals surface area (Å²) in [6.07, 6.45) is 7.77. The average Bonchev–Trinajstić information content (AvgIpc) is 2.27. The van der Waals surface area contributed by atoms with Crippen LogP contribution in [-0.4, -0.2) is 12.6 Å². The predicted molar refractivity (Wildman–Crippen MR) is 63.4 cm³/mol. The third kappa shape index (κ3) is 4.66. The van der Waals surface area contributed by atoms with Gasteiger partial charge in [-0.05, 0) is 31.2 Å². The number of hydrogen-bond donors (Lipinski definition) is 1. The van der Waals surface area contributed by atoms with Gasteiger partial charge in [-0.3, -0.25) is 0 Å². The molecule has 0 heterocycles. The molecule has 1 N–H and O–H groups in total. The maximum atomic E-state index is 8.79. The van der Waals surface area contributed by atoms with Crippen molar-refractivity contribution in [2.75, 3.05) is 6.54 Å². The lowest BCUT2D eigenvalue weighted by atomic mass is 9.81. The second-order valence-electron chi connectivity index (χ2n) is 4.96. The lowest BCUT2D eigenvalue weighted by molar-refractivity contribution is 0.274. The van der Waals surface area contributed by atoms with Gasteiger partial charge in [-0.2, -0.15) is 5.26 Å². The SMILES string of the molecule is CCC(C#N)NCCC1CCC(C)CC1. The van der Waals surface area contributed by atoms with E-state index in [1.54, 1.807) is 0 Å². The third-order valence-corrected chi connectivity index (χ3v) is 3.64. The van der Waals surface area contributed by atoms with Crippen LogP contribution in [0.5, 0.6) is 0 Å². The molecule has 2 heteroatoms. The second-order valence-corrected chi connectivity index (χ2v) is 4.96. The Balaban J connectivity index is 2.08. The maximum Gasteiger partial charge on any atom is 0.0950 e. The van der Waals surface area contributed by atoms with Crippen molar-refractivity contribution in [3.63, 3.8) is 0 Å². The van der Waals surface area contributed by atoms with Crippen molar-refractivity contribution in [2.45, 2.75) is 58.4 Å². The minimum absolute atomic E-state index is 0.0625. The van der Waals surface area contributed by atoms with Crippen LogP contribution in [0.2, 0.25) is 0 Å². The number of nitriles is 1. The molecule has 1 aliphatic rings. The zero-order valence-electron chi connectivity index (χ0n) is 10.1. The molecule has 1 unspecified atom stereocenters. The molecule has 1 atom stereocenters. The molecule has 0 aliphatic heterocycles. The van der Waals surface area contributed by atoms with Crippen LogP contribution in [0.4, 0.5) is 0 Å². The highest BCUT2D eigenvalue weighted by Crippen LogP contribution is 2.29. The molecule has 86 valence electrons. The summed E-state index contributed by atoms with van der Waals surface area (Å²) in [7, 11) is 0. The first-order valence-electron chi connectivity index (χ1n) is 6.39. The molecule has 0 amide bonds. The van der Waals surface area contributed by atoms with Gasteiger partial charge in [0.1, 0.15) is 0 Å². The quantitative estimate of drug-likeness (QED) is 0.753. The molecule has 0 radical (unpaired) electrons. The molecule has 0 aromatic carbocycles. The fraction of sp³-hybridized carbons (Fsp3) is 0.923. The van der Waals surface area contributed by atoms with Gasteiger partial charge in [0.2, 0.25) is 0 Å². The first-order chi connectivity index (χ1) is 7.26. The van der Waals surface area contributed by atoms with E-state index in [0.717, 1.165) is 24.8 Å². The summed E-state index contributed by atoms with van der Waals surface area (Å²) in [6.45, 7) is 5.44. The second kappa shape index (κ2) is 6.85. The van der Waals surface area contributed by atoms with Gasteiger partial charge < -0.3 is 5.32 Å². The van der Waals surface area contributed by atoms with E-state index in [2.05, 4.69) is 25.2 Å². The molecular weight excluding hydrogens is 184 g/mol. The molecule has 0 saturated heterocycles. The lowest BCUT2D eigenvalue weighted by Gasteiger charge is -2.26. The molecule has 0 spiro atoms. The Morgan fingerprint density at radius 3 is 2.53 bits per heavy atom. The van der Waals surface area contributed by atoms with E-state index < -0.39 is 0 Å². The zero-order valence-corrected chi connectivity index (χ0v) is 10.1. The van der Waals surface area contributed by atoms with Gasteiger partial charge in [0.15, 0.2) is 0 Å². The van der Waals surface area contributed by atoms with Crippen molar-refractivity contribution in [2.24, 2.45) is 11.8 Å². The number of nitrogens with one attached hydrogen (secondary N) is 1. The van der Waals surface area contributed by atoms with Crippen LogP contribution in [0.15, 0.2) is 0 Å². The summed E-state index contributed by atoms with van der Waals surface area (Å²) in [4.78, 5) is 0. The standard InChI is InChI=1S/C13H24N2/c1-3-13(10-14)15-9-8-12-6-4-11(2)5-7-12/h11-13,15H,3-9H2,1-2H3. The highest BCUT2D eigenvalue weighted by atomic mass is 14.9. The van der Waals surface area contributed by atoms with E-state index in [4.69, 9.17) is 5.26 Å². The highest BCUT2D eigenvalue weighted by molar-refractivity contribution is 4.88. The summed E-state index contributed by atoms with van der Waals surface area (Å²) >= 11 is 0.